The van der Waals surface area contributed by atoms with Crippen LogP contribution in [0.4, 0.5) is 10.5 Å². The number of likely N-dealkylation sites (N-methyl/N-ethyl adjacent to an activating group) is 1. The van der Waals surface area contributed by atoms with Gasteiger partial charge in [-0.1, -0.05) is 40.0 Å². The zero-order chi connectivity index (χ0) is 19.4. The van der Waals surface area contributed by atoms with Gasteiger partial charge in [0.05, 0.1) is 6.61 Å². The standard InChI is InChI=1S/C21H36N2O3/c1-6-9-10-11-14-25-19-12-13-20(17(4)15-19)22-21(24)26-18(5)16-23(7-2)8-3/h12-13,15,18H,6-11,14,16H2,1-5H3,(H,22,24). The highest BCUT2D eigenvalue weighted by atomic mass is 16.6. The van der Waals surface area contributed by atoms with Crippen LogP contribution in [0.25, 0.3) is 0 Å². The van der Waals surface area contributed by atoms with Gasteiger partial charge >= 0.3 is 6.09 Å². The highest BCUT2D eigenvalue weighted by Gasteiger charge is 2.13. The number of carbonyl (C=O) groups excluding carboxylic acids is 1. The fourth-order valence-corrected chi connectivity index (χ4v) is 2.79. The summed E-state index contributed by atoms with van der Waals surface area (Å²) in [4.78, 5) is 14.3. The Morgan fingerprint density at radius 3 is 2.50 bits per heavy atom. The number of unbranched alkanes of at least 4 members (excludes halogenated alkanes) is 3. The first kappa shape index (κ1) is 22.3. The third kappa shape index (κ3) is 8.56. The van der Waals surface area contributed by atoms with Crippen LogP contribution in [0.15, 0.2) is 18.2 Å². The van der Waals surface area contributed by atoms with E-state index in [4.69, 9.17) is 9.47 Å². The minimum absolute atomic E-state index is 0.152. The van der Waals surface area contributed by atoms with E-state index in [2.05, 4.69) is 31.0 Å². The second-order valence-electron chi connectivity index (χ2n) is 6.71. The van der Waals surface area contributed by atoms with Gasteiger partial charge in [0.15, 0.2) is 0 Å². The Morgan fingerprint density at radius 1 is 1.15 bits per heavy atom. The Bertz CT molecular complexity index is 530. The summed E-state index contributed by atoms with van der Waals surface area (Å²) in [6, 6.07) is 5.71. The van der Waals surface area contributed by atoms with Crippen molar-refractivity contribution in [3.63, 3.8) is 0 Å². The molecule has 1 rings (SSSR count). The molecular formula is C21H36N2O3. The molecule has 1 atom stereocenters. The van der Waals surface area contributed by atoms with Crippen LogP contribution >= 0.6 is 0 Å². The number of nitrogens with one attached hydrogen (secondary N) is 1. The van der Waals surface area contributed by atoms with Crippen molar-refractivity contribution in [2.75, 3.05) is 31.6 Å². The molecule has 1 amide bonds. The van der Waals surface area contributed by atoms with Crippen LogP contribution < -0.4 is 10.1 Å². The number of nitrogens with zero attached hydrogens (tertiary/aromatic N) is 1. The molecule has 0 spiro atoms. The van der Waals surface area contributed by atoms with Crippen molar-refractivity contribution < 1.29 is 14.3 Å². The van der Waals surface area contributed by atoms with Gasteiger partial charge in [-0.3, -0.25) is 5.32 Å². The predicted octanol–water partition coefficient (Wildman–Crippen LogP) is 5.23. The molecule has 0 saturated heterocycles. The molecule has 1 N–H and O–H groups in total. The maximum atomic E-state index is 12.1. The normalized spacial score (nSPS) is 12.1. The highest BCUT2D eigenvalue weighted by molar-refractivity contribution is 5.85. The molecule has 0 saturated carbocycles. The van der Waals surface area contributed by atoms with Gasteiger partial charge < -0.3 is 14.4 Å². The minimum Gasteiger partial charge on any atom is -0.494 e. The maximum absolute atomic E-state index is 12.1. The summed E-state index contributed by atoms with van der Waals surface area (Å²) in [6.07, 6.45) is 4.18. The summed E-state index contributed by atoms with van der Waals surface area (Å²) in [7, 11) is 0. The molecule has 0 aromatic heterocycles. The first-order valence-electron chi connectivity index (χ1n) is 9.93. The quantitative estimate of drug-likeness (QED) is 0.516. The number of hydrogen-bond donors (Lipinski definition) is 1. The number of carbonyl (C=O) groups is 1. The Kier molecular flexibility index (Phi) is 10.8. The number of amides is 1. The Balaban J connectivity index is 2.45. The van der Waals surface area contributed by atoms with Crippen molar-refractivity contribution in [2.45, 2.75) is 66.4 Å². The van der Waals surface area contributed by atoms with Gasteiger partial charge in [-0.15, -0.1) is 0 Å². The first-order chi connectivity index (χ1) is 12.5. The zero-order valence-electron chi connectivity index (χ0n) is 17.1. The summed E-state index contributed by atoms with van der Waals surface area (Å²) < 4.78 is 11.2. The minimum atomic E-state index is -0.416. The second-order valence-corrected chi connectivity index (χ2v) is 6.71. The molecule has 0 fully saturated rings. The van der Waals surface area contributed by atoms with Crippen molar-refractivity contribution in [3.8, 4) is 5.75 Å². The van der Waals surface area contributed by atoms with Gasteiger partial charge in [0.25, 0.3) is 0 Å². The number of rotatable bonds is 12. The smallest absolute Gasteiger partial charge is 0.411 e. The van der Waals surface area contributed by atoms with Gasteiger partial charge in [0.2, 0.25) is 0 Å². The van der Waals surface area contributed by atoms with E-state index in [1.807, 2.05) is 32.0 Å². The molecule has 0 bridgehead atoms. The summed E-state index contributed by atoms with van der Waals surface area (Å²) >= 11 is 0. The molecule has 148 valence electrons. The SMILES string of the molecule is CCCCCCOc1ccc(NC(=O)OC(C)CN(CC)CC)c(C)c1. The van der Waals surface area contributed by atoms with E-state index >= 15 is 0 Å². The molecule has 5 nitrogen and oxygen atoms in total. The Morgan fingerprint density at radius 2 is 1.88 bits per heavy atom. The van der Waals surface area contributed by atoms with Crippen molar-refractivity contribution in [3.05, 3.63) is 23.8 Å². The largest absolute Gasteiger partial charge is 0.494 e. The fourth-order valence-electron chi connectivity index (χ4n) is 2.79. The van der Waals surface area contributed by atoms with Gasteiger partial charge in [0.1, 0.15) is 11.9 Å². The molecule has 0 aliphatic rings. The lowest BCUT2D eigenvalue weighted by atomic mass is 10.2. The van der Waals surface area contributed by atoms with Gasteiger partial charge in [-0.2, -0.15) is 0 Å². The molecule has 0 radical (unpaired) electrons. The lowest BCUT2D eigenvalue weighted by Crippen LogP contribution is -2.34. The monoisotopic (exact) mass is 364 g/mol. The average Bonchev–Trinajstić information content (AvgIpc) is 2.61. The van der Waals surface area contributed by atoms with Crippen LogP contribution in [0.2, 0.25) is 0 Å². The number of hydrogen-bond acceptors (Lipinski definition) is 4. The third-order valence-electron chi connectivity index (χ3n) is 4.42. The van der Waals surface area contributed by atoms with Crippen molar-refractivity contribution in [2.24, 2.45) is 0 Å². The van der Waals surface area contributed by atoms with Crippen LogP contribution in [0.3, 0.4) is 0 Å². The zero-order valence-corrected chi connectivity index (χ0v) is 17.1. The van der Waals surface area contributed by atoms with Crippen LogP contribution in [-0.2, 0) is 4.74 Å². The maximum Gasteiger partial charge on any atom is 0.411 e. The first-order valence-corrected chi connectivity index (χ1v) is 9.93. The van der Waals surface area contributed by atoms with E-state index in [0.29, 0.717) is 0 Å². The lowest BCUT2D eigenvalue weighted by molar-refractivity contribution is 0.0929. The Hall–Kier alpha value is -1.75. The van der Waals surface area contributed by atoms with E-state index in [0.717, 1.165) is 49.7 Å². The van der Waals surface area contributed by atoms with E-state index in [-0.39, 0.29) is 6.10 Å². The van der Waals surface area contributed by atoms with E-state index < -0.39 is 6.09 Å². The lowest BCUT2D eigenvalue weighted by Gasteiger charge is -2.22. The fraction of sp³-hybridized carbons (Fsp3) is 0.667. The van der Waals surface area contributed by atoms with Crippen molar-refractivity contribution in [1.29, 1.82) is 0 Å². The Labute approximate surface area is 159 Å². The average molecular weight is 365 g/mol. The van der Waals surface area contributed by atoms with Crippen LogP contribution in [0, 0.1) is 6.92 Å². The molecule has 0 aliphatic carbocycles. The van der Waals surface area contributed by atoms with Crippen LogP contribution in [0.1, 0.15) is 58.9 Å². The summed E-state index contributed by atoms with van der Waals surface area (Å²) in [5.41, 5.74) is 1.72. The van der Waals surface area contributed by atoms with Gasteiger partial charge in [-0.05, 0) is 57.1 Å². The topological polar surface area (TPSA) is 50.8 Å². The summed E-state index contributed by atoms with van der Waals surface area (Å²) in [5, 5.41) is 2.83. The molecule has 5 heteroatoms. The number of ether oxygens (including phenoxy) is 2. The van der Waals surface area contributed by atoms with E-state index in [1.165, 1.54) is 19.3 Å². The molecular weight excluding hydrogens is 328 g/mol. The van der Waals surface area contributed by atoms with E-state index in [9.17, 15) is 4.79 Å². The highest BCUT2D eigenvalue weighted by Crippen LogP contribution is 2.22. The van der Waals surface area contributed by atoms with Crippen LogP contribution in [-0.4, -0.2) is 43.3 Å². The molecule has 0 heterocycles. The molecule has 1 unspecified atom stereocenters. The van der Waals surface area contributed by atoms with E-state index in [1.54, 1.807) is 0 Å². The molecule has 26 heavy (non-hydrogen) atoms. The van der Waals surface area contributed by atoms with Gasteiger partial charge in [0, 0.05) is 12.2 Å². The third-order valence-corrected chi connectivity index (χ3v) is 4.42. The molecule has 1 aromatic rings. The number of anilines is 1. The van der Waals surface area contributed by atoms with Crippen molar-refractivity contribution >= 4 is 11.8 Å². The van der Waals surface area contributed by atoms with Crippen LogP contribution in [0.5, 0.6) is 5.75 Å². The molecule has 0 aliphatic heterocycles. The van der Waals surface area contributed by atoms with Crippen molar-refractivity contribution in [1.82, 2.24) is 4.90 Å². The number of benzene rings is 1. The molecule has 1 aromatic carbocycles. The summed E-state index contributed by atoms with van der Waals surface area (Å²) in [5.74, 6) is 0.841. The summed E-state index contributed by atoms with van der Waals surface area (Å²) in [6.45, 7) is 13.7. The second kappa shape index (κ2) is 12.6. The number of aryl methyl sites for hydroxylation is 1. The van der Waals surface area contributed by atoms with Gasteiger partial charge in [-0.25, -0.2) is 4.79 Å². The predicted molar refractivity (Wildman–Crippen MR) is 108 cm³/mol.